The Morgan fingerprint density at radius 1 is 0.627 bits per heavy atom. The van der Waals surface area contributed by atoms with Crippen LogP contribution in [0.15, 0.2) is 60.8 Å². The Labute approximate surface area is 352 Å². The number of hydrogen-bond donors (Lipinski definition) is 9. The standard InChI is InChI=1S/C45H77NO13/c1-3-5-7-9-11-13-15-16-17-18-19-21-23-25-27-29-37(50)46-33(34(49)28-26-24-22-20-14-12-10-8-6-4-2)32-56-44-42(55)40(53)43(36(31-48)58-44)59-45-41(54)39(52)38(51)35(30-47)57-45/h5,7,11,13,16-17,19,21,26,28,33-36,38-45,47-49,51-55H,3-4,6,8-10,12,14-15,18,20,22-25,27,29-32H2,1-2H3,(H,46,50)/b7-5-,13-11-,17-16-,21-19-,28-26+. The lowest BCUT2D eigenvalue weighted by molar-refractivity contribution is -0.359. The second-order valence-electron chi connectivity index (χ2n) is 15.4. The van der Waals surface area contributed by atoms with Gasteiger partial charge < -0.3 is 65.1 Å². The number of rotatable bonds is 31. The summed E-state index contributed by atoms with van der Waals surface area (Å²) in [4.78, 5) is 13.1. The lowest BCUT2D eigenvalue weighted by Gasteiger charge is -2.46. The molecule has 0 spiro atoms. The molecule has 59 heavy (non-hydrogen) atoms. The van der Waals surface area contributed by atoms with E-state index >= 15 is 0 Å². The van der Waals surface area contributed by atoms with Gasteiger partial charge in [0.15, 0.2) is 12.6 Å². The summed E-state index contributed by atoms with van der Waals surface area (Å²) in [6.07, 6.45) is 19.9. The van der Waals surface area contributed by atoms with E-state index in [0.29, 0.717) is 6.42 Å². The van der Waals surface area contributed by atoms with Crippen LogP contribution in [0.3, 0.4) is 0 Å². The highest BCUT2D eigenvalue weighted by Gasteiger charge is 2.50. The summed E-state index contributed by atoms with van der Waals surface area (Å²) in [5, 5.41) is 86.3. The number of carbonyl (C=O) groups is 1. The molecule has 0 radical (unpaired) electrons. The van der Waals surface area contributed by atoms with Crippen LogP contribution < -0.4 is 5.32 Å². The van der Waals surface area contributed by atoms with Gasteiger partial charge in [-0.05, 0) is 57.8 Å². The Kier molecular flexibility index (Phi) is 29.0. The molecule has 14 heteroatoms. The molecule has 0 bridgehead atoms. The van der Waals surface area contributed by atoms with Gasteiger partial charge in [0, 0.05) is 6.42 Å². The summed E-state index contributed by atoms with van der Waals surface area (Å²) in [7, 11) is 0. The molecular formula is C45H77NO13. The van der Waals surface area contributed by atoms with Gasteiger partial charge in [0.05, 0.1) is 32.0 Å². The maximum absolute atomic E-state index is 13.1. The molecule has 2 aliphatic heterocycles. The Hall–Kier alpha value is -2.31. The Balaban J connectivity index is 1.93. The van der Waals surface area contributed by atoms with Gasteiger partial charge in [-0.25, -0.2) is 0 Å². The minimum absolute atomic E-state index is 0.226. The molecule has 2 saturated heterocycles. The lowest BCUT2D eigenvalue weighted by atomic mass is 9.97. The zero-order valence-electron chi connectivity index (χ0n) is 35.5. The second kappa shape index (κ2) is 32.4. The zero-order valence-corrected chi connectivity index (χ0v) is 35.5. The molecule has 0 aromatic rings. The van der Waals surface area contributed by atoms with Crippen molar-refractivity contribution in [2.75, 3.05) is 19.8 Å². The first-order valence-corrected chi connectivity index (χ1v) is 22.0. The number of aliphatic hydroxyl groups is 8. The van der Waals surface area contributed by atoms with E-state index in [-0.39, 0.29) is 18.9 Å². The Morgan fingerprint density at radius 3 is 1.80 bits per heavy atom. The third-order valence-corrected chi connectivity index (χ3v) is 10.5. The van der Waals surface area contributed by atoms with E-state index in [1.807, 2.05) is 6.08 Å². The first-order valence-electron chi connectivity index (χ1n) is 22.0. The van der Waals surface area contributed by atoms with E-state index in [0.717, 1.165) is 64.2 Å². The zero-order chi connectivity index (χ0) is 43.3. The monoisotopic (exact) mass is 840 g/mol. The van der Waals surface area contributed by atoms with E-state index in [9.17, 15) is 45.6 Å². The topological polar surface area (TPSA) is 228 Å². The number of nitrogens with one attached hydrogen (secondary N) is 1. The van der Waals surface area contributed by atoms with E-state index in [1.54, 1.807) is 6.08 Å². The molecule has 2 rings (SSSR count). The number of ether oxygens (including phenoxy) is 4. The predicted octanol–water partition coefficient (Wildman–Crippen LogP) is 3.93. The van der Waals surface area contributed by atoms with E-state index in [4.69, 9.17) is 18.9 Å². The molecule has 2 aliphatic rings. The van der Waals surface area contributed by atoms with Crippen LogP contribution in [0, 0.1) is 0 Å². The van der Waals surface area contributed by atoms with Crippen LogP contribution >= 0.6 is 0 Å². The van der Waals surface area contributed by atoms with Gasteiger partial charge in [-0.2, -0.15) is 0 Å². The van der Waals surface area contributed by atoms with Crippen molar-refractivity contribution < 1.29 is 64.6 Å². The van der Waals surface area contributed by atoms with Gasteiger partial charge in [-0.15, -0.1) is 0 Å². The Morgan fingerprint density at radius 2 is 1.17 bits per heavy atom. The van der Waals surface area contributed by atoms with Crippen molar-refractivity contribution in [1.82, 2.24) is 5.32 Å². The van der Waals surface area contributed by atoms with E-state index in [1.165, 1.54) is 32.1 Å². The van der Waals surface area contributed by atoms with Crippen molar-refractivity contribution >= 4 is 5.91 Å². The summed E-state index contributed by atoms with van der Waals surface area (Å²) in [6.45, 7) is 2.57. The average Bonchev–Trinajstić information content (AvgIpc) is 3.23. The summed E-state index contributed by atoms with van der Waals surface area (Å²) in [5.74, 6) is -0.286. The maximum Gasteiger partial charge on any atom is 0.220 e. The third kappa shape index (κ3) is 20.9. The van der Waals surface area contributed by atoms with Crippen molar-refractivity contribution in [3.63, 3.8) is 0 Å². The first kappa shape index (κ1) is 52.8. The van der Waals surface area contributed by atoms with E-state index < -0.39 is 86.8 Å². The molecule has 0 aromatic heterocycles. The molecule has 1 amide bonds. The van der Waals surface area contributed by atoms with Crippen molar-refractivity contribution in [1.29, 1.82) is 0 Å². The normalized spacial score (nSPS) is 29.1. The fourth-order valence-corrected chi connectivity index (χ4v) is 6.81. The summed E-state index contributed by atoms with van der Waals surface area (Å²) < 4.78 is 22.6. The van der Waals surface area contributed by atoms with Crippen LogP contribution in [0.1, 0.15) is 123 Å². The molecule has 12 unspecified atom stereocenters. The van der Waals surface area contributed by atoms with Gasteiger partial charge in [-0.3, -0.25) is 4.79 Å². The minimum Gasteiger partial charge on any atom is -0.394 e. The van der Waals surface area contributed by atoms with Gasteiger partial charge in [0.1, 0.15) is 48.8 Å². The fourth-order valence-electron chi connectivity index (χ4n) is 6.81. The quantitative estimate of drug-likeness (QED) is 0.0357. The fraction of sp³-hybridized carbons (Fsp3) is 0.756. The van der Waals surface area contributed by atoms with Gasteiger partial charge >= 0.3 is 0 Å². The molecular weight excluding hydrogens is 762 g/mol. The number of carbonyl (C=O) groups excluding carboxylic acids is 1. The first-order chi connectivity index (χ1) is 28.6. The molecule has 0 aromatic carbocycles. The maximum atomic E-state index is 13.1. The Bertz CT molecular complexity index is 1220. The van der Waals surface area contributed by atoms with Crippen molar-refractivity contribution in [3.05, 3.63) is 60.8 Å². The third-order valence-electron chi connectivity index (χ3n) is 10.5. The number of hydrogen-bond acceptors (Lipinski definition) is 13. The molecule has 12 atom stereocenters. The summed E-state index contributed by atoms with van der Waals surface area (Å²) >= 11 is 0. The predicted molar refractivity (Wildman–Crippen MR) is 226 cm³/mol. The van der Waals surface area contributed by atoms with Crippen LogP contribution in [-0.4, -0.2) is 140 Å². The molecule has 340 valence electrons. The molecule has 2 heterocycles. The van der Waals surface area contributed by atoms with Crippen LogP contribution in [0.4, 0.5) is 0 Å². The summed E-state index contributed by atoms with van der Waals surface area (Å²) in [5.41, 5.74) is 0. The van der Waals surface area contributed by atoms with Gasteiger partial charge in [0.25, 0.3) is 0 Å². The van der Waals surface area contributed by atoms with Gasteiger partial charge in [-0.1, -0.05) is 120 Å². The van der Waals surface area contributed by atoms with Crippen molar-refractivity contribution in [2.24, 2.45) is 0 Å². The number of aliphatic hydroxyl groups excluding tert-OH is 8. The molecule has 14 nitrogen and oxygen atoms in total. The van der Waals surface area contributed by atoms with Crippen LogP contribution in [-0.2, 0) is 23.7 Å². The van der Waals surface area contributed by atoms with E-state index in [2.05, 4.69) is 67.8 Å². The average molecular weight is 840 g/mol. The molecule has 0 aliphatic carbocycles. The SMILES string of the molecule is CC/C=C\C/C=C\C/C=C\C/C=C\CCCCC(=O)NC(COC1OC(CO)C(OC2OC(CO)C(O)C(O)C2O)C(O)C1O)C(O)/C=C/CCCCCCCCCC. The smallest absolute Gasteiger partial charge is 0.220 e. The molecule has 0 saturated carbocycles. The summed E-state index contributed by atoms with van der Waals surface area (Å²) in [6, 6.07) is -0.935. The molecule has 9 N–H and O–H groups in total. The second-order valence-corrected chi connectivity index (χ2v) is 15.4. The number of allylic oxidation sites excluding steroid dienone is 9. The van der Waals surface area contributed by atoms with Crippen LogP contribution in [0.25, 0.3) is 0 Å². The van der Waals surface area contributed by atoms with Crippen LogP contribution in [0.2, 0.25) is 0 Å². The number of unbranched alkanes of at least 4 members (excludes halogenated alkanes) is 10. The lowest BCUT2D eigenvalue weighted by Crippen LogP contribution is -2.65. The largest absolute Gasteiger partial charge is 0.394 e. The highest BCUT2D eigenvalue weighted by molar-refractivity contribution is 5.76. The van der Waals surface area contributed by atoms with Gasteiger partial charge in [0.2, 0.25) is 5.91 Å². The van der Waals surface area contributed by atoms with Crippen molar-refractivity contribution in [2.45, 2.75) is 197 Å². The highest BCUT2D eigenvalue weighted by Crippen LogP contribution is 2.29. The van der Waals surface area contributed by atoms with Crippen LogP contribution in [0.5, 0.6) is 0 Å². The number of amides is 1. The molecule has 2 fully saturated rings. The minimum atomic E-state index is -1.79. The van der Waals surface area contributed by atoms with Crippen molar-refractivity contribution in [3.8, 4) is 0 Å². The highest BCUT2D eigenvalue weighted by atomic mass is 16.7.